The molecule has 4 amide bonds. The van der Waals surface area contributed by atoms with Crippen molar-refractivity contribution in [3.8, 4) is 22.8 Å². The number of aryl methyl sites for hydroxylation is 1. The highest BCUT2D eigenvalue weighted by molar-refractivity contribution is 7.14. The molecule has 312 valence electrons. The van der Waals surface area contributed by atoms with E-state index in [1.54, 1.807) is 60.9 Å². The molecule has 0 saturated carbocycles. The SMILES string of the molecule is CCN(CC)CCNC(=O)c1c(C)[nH]c(/C=C2\C(=O)Nc3ccc(OC(=O)CCCCC(=O)Oc4cccc(CNC(=O)Nc5nc(-c6ccncc6)cs5)c4)cc32)c1C. The number of pyridine rings is 1. The fourth-order valence-corrected chi connectivity index (χ4v) is 7.38. The van der Waals surface area contributed by atoms with Gasteiger partial charge in [-0.25, -0.2) is 9.78 Å². The summed E-state index contributed by atoms with van der Waals surface area (Å²) >= 11 is 1.31. The number of urea groups is 1. The first-order valence-corrected chi connectivity index (χ1v) is 20.7. The number of rotatable bonds is 18. The summed E-state index contributed by atoms with van der Waals surface area (Å²) < 4.78 is 11.1. The number of nitrogens with one attached hydrogen (secondary N) is 5. The molecule has 1 aliphatic rings. The van der Waals surface area contributed by atoms with Gasteiger partial charge >= 0.3 is 18.0 Å². The van der Waals surface area contributed by atoms with E-state index in [1.165, 1.54) is 11.3 Å². The molecule has 6 rings (SSSR count). The number of unbranched alkanes of at least 4 members (excludes halogenated alkanes) is 1. The van der Waals surface area contributed by atoms with E-state index in [1.807, 2.05) is 31.4 Å². The van der Waals surface area contributed by atoms with Crippen molar-refractivity contribution in [1.82, 2.24) is 30.5 Å². The lowest BCUT2D eigenvalue weighted by atomic mass is 10.0. The molecule has 15 nitrogen and oxygen atoms in total. The largest absolute Gasteiger partial charge is 0.427 e. The molecule has 0 radical (unpaired) electrons. The zero-order valence-electron chi connectivity index (χ0n) is 34.0. The van der Waals surface area contributed by atoms with Crippen LogP contribution in [0.5, 0.6) is 11.5 Å². The molecule has 1 aliphatic heterocycles. The molecule has 0 bridgehead atoms. The average molecular weight is 833 g/mol. The topological polar surface area (TPSA) is 197 Å². The minimum absolute atomic E-state index is 0.0697. The highest BCUT2D eigenvalue weighted by Gasteiger charge is 2.27. The quantitative estimate of drug-likeness (QED) is 0.0263. The molecule has 5 N–H and O–H groups in total. The summed E-state index contributed by atoms with van der Waals surface area (Å²) in [5.41, 5.74) is 6.48. The number of aromatic amines is 1. The molecule has 0 fully saturated rings. The zero-order chi connectivity index (χ0) is 42.6. The van der Waals surface area contributed by atoms with Crippen LogP contribution < -0.4 is 30.7 Å². The van der Waals surface area contributed by atoms with Crippen LogP contribution in [0.2, 0.25) is 0 Å². The number of esters is 2. The maximum atomic E-state index is 13.1. The van der Waals surface area contributed by atoms with Crippen LogP contribution in [-0.4, -0.2) is 75.8 Å². The molecule has 5 aromatic rings. The molecule has 0 spiro atoms. The summed E-state index contributed by atoms with van der Waals surface area (Å²) in [6, 6.07) is 15.0. The Morgan fingerprint density at radius 2 is 1.62 bits per heavy atom. The second-order valence-corrected chi connectivity index (χ2v) is 14.9. The molecule has 0 atom stereocenters. The molecule has 0 unspecified atom stereocenters. The standard InChI is InChI=1S/C44H48N8O7S/c1-5-52(6-2)21-20-46-42(56)40-27(3)36(48-28(40)4)24-34-33-23-32(14-15-35(33)49-41(34)55)59-39(54)13-8-7-12-38(53)58-31-11-9-10-29(22-31)25-47-43(57)51-44-50-37(26-60-44)30-16-18-45-19-17-30/h9-11,14-19,22-24,26,48H,5-8,12-13,20-21,25H2,1-4H3,(H,46,56)(H,49,55)(H2,47,50,51,57)/b34-24-. The summed E-state index contributed by atoms with van der Waals surface area (Å²) in [5.74, 6) is -0.806. The third kappa shape index (κ3) is 11.3. The summed E-state index contributed by atoms with van der Waals surface area (Å²) in [5, 5.41) is 13.7. The van der Waals surface area contributed by atoms with Gasteiger partial charge in [-0.05, 0) is 99.4 Å². The van der Waals surface area contributed by atoms with E-state index < -0.39 is 18.0 Å². The summed E-state index contributed by atoms with van der Waals surface area (Å²) in [4.78, 5) is 77.9. The molecule has 4 heterocycles. The van der Waals surface area contributed by atoms with Gasteiger partial charge in [-0.15, -0.1) is 11.3 Å². The Bertz CT molecular complexity index is 2390. The van der Waals surface area contributed by atoms with Gasteiger partial charge in [0.1, 0.15) is 11.5 Å². The molecule has 2 aromatic carbocycles. The Labute approximate surface area is 352 Å². The summed E-state index contributed by atoms with van der Waals surface area (Å²) in [6.07, 6.45) is 6.01. The second-order valence-electron chi connectivity index (χ2n) is 14.1. The molecule has 0 saturated heterocycles. The van der Waals surface area contributed by atoms with Crippen molar-refractivity contribution < 1.29 is 33.4 Å². The van der Waals surface area contributed by atoms with E-state index >= 15 is 0 Å². The van der Waals surface area contributed by atoms with Crippen LogP contribution in [0.1, 0.15) is 78.0 Å². The van der Waals surface area contributed by atoms with E-state index in [0.717, 1.165) is 42.0 Å². The van der Waals surface area contributed by atoms with Crippen LogP contribution in [-0.2, 0) is 20.9 Å². The Morgan fingerprint density at radius 3 is 2.33 bits per heavy atom. The van der Waals surface area contributed by atoms with Gasteiger partial charge in [0.2, 0.25) is 0 Å². The monoisotopic (exact) mass is 832 g/mol. The number of carbonyl (C=O) groups is 5. The first kappa shape index (κ1) is 42.9. The van der Waals surface area contributed by atoms with Gasteiger partial charge in [-0.2, -0.15) is 0 Å². The second kappa shape index (κ2) is 20.4. The third-order valence-corrected chi connectivity index (χ3v) is 10.7. The van der Waals surface area contributed by atoms with E-state index in [9.17, 15) is 24.0 Å². The van der Waals surface area contributed by atoms with Crippen molar-refractivity contribution >= 4 is 63.6 Å². The van der Waals surface area contributed by atoms with Crippen molar-refractivity contribution in [3.63, 3.8) is 0 Å². The lowest BCUT2D eigenvalue weighted by Gasteiger charge is -2.18. The Hall–Kier alpha value is -6.65. The predicted molar refractivity (Wildman–Crippen MR) is 231 cm³/mol. The van der Waals surface area contributed by atoms with Crippen LogP contribution >= 0.6 is 11.3 Å². The predicted octanol–water partition coefficient (Wildman–Crippen LogP) is 7.11. The van der Waals surface area contributed by atoms with E-state index in [-0.39, 0.29) is 37.0 Å². The molecular formula is C44H48N8O7S. The molecule has 60 heavy (non-hydrogen) atoms. The van der Waals surface area contributed by atoms with Crippen LogP contribution in [0.25, 0.3) is 22.9 Å². The van der Waals surface area contributed by atoms with Crippen molar-refractivity contribution in [2.45, 2.75) is 59.9 Å². The van der Waals surface area contributed by atoms with Crippen LogP contribution in [0.4, 0.5) is 15.6 Å². The molecule has 0 aliphatic carbocycles. The van der Waals surface area contributed by atoms with E-state index in [0.29, 0.717) is 64.0 Å². The number of thiazole rings is 1. The number of amides is 4. The normalized spacial score (nSPS) is 12.6. The van der Waals surface area contributed by atoms with Crippen LogP contribution in [0.3, 0.4) is 0 Å². The van der Waals surface area contributed by atoms with Gasteiger partial charge in [-0.1, -0.05) is 26.0 Å². The van der Waals surface area contributed by atoms with Crippen LogP contribution in [0.15, 0.2) is 72.4 Å². The number of aromatic nitrogens is 3. The Kier molecular flexibility index (Phi) is 14.6. The number of fused-ring (bicyclic) bond motifs is 1. The lowest BCUT2D eigenvalue weighted by Crippen LogP contribution is -2.35. The minimum atomic E-state index is -0.480. The van der Waals surface area contributed by atoms with Crippen LogP contribution in [0, 0.1) is 13.8 Å². The summed E-state index contributed by atoms with van der Waals surface area (Å²) in [6.45, 7) is 11.1. The number of nitrogens with zero attached hydrogens (tertiary/aromatic N) is 3. The molecular weight excluding hydrogens is 785 g/mol. The number of likely N-dealkylation sites (N-methyl/N-ethyl adjacent to an activating group) is 1. The van der Waals surface area contributed by atoms with Crippen molar-refractivity contribution in [3.05, 3.63) is 106 Å². The number of H-pyrrole nitrogens is 1. The van der Waals surface area contributed by atoms with Crippen molar-refractivity contribution in [2.75, 3.05) is 36.8 Å². The van der Waals surface area contributed by atoms with Gasteiger partial charge in [0.15, 0.2) is 5.13 Å². The number of benzene rings is 2. The van der Waals surface area contributed by atoms with E-state index in [4.69, 9.17) is 9.47 Å². The smallest absolute Gasteiger partial charge is 0.321 e. The van der Waals surface area contributed by atoms with Gasteiger partial charge in [0.05, 0.1) is 16.8 Å². The Morgan fingerprint density at radius 1 is 0.900 bits per heavy atom. The van der Waals surface area contributed by atoms with Gasteiger partial charge in [-0.3, -0.25) is 29.5 Å². The van der Waals surface area contributed by atoms with Gasteiger partial charge in [0, 0.05) is 78.5 Å². The minimum Gasteiger partial charge on any atom is -0.427 e. The molecule has 16 heteroatoms. The first-order chi connectivity index (χ1) is 29.0. The van der Waals surface area contributed by atoms with Crippen molar-refractivity contribution in [1.29, 1.82) is 0 Å². The van der Waals surface area contributed by atoms with Gasteiger partial charge < -0.3 is 35.3 Å². The third-order valence-electron chi connectivity index (χ3n) is 9.90. The fraction of sp³-hybridized carbons (Fsp3) is 0.295. The number of ether oxygens (including phenoxy) is 2. The number of hydrogen-bond donors (Lipinski definition) is 5. The highest BCUT2D eigenvalue weighted by atomic mass is 32.1. The number of hydrogen-bond acceptors (Lipinski definition) is 11. The maximum Gasteiger partial charge on any atom is 0.321 e. The zero-order valence-corrected chi connectivity index (χ0v) is 34.8. The number of carbonyl (C=O) groups excluding carboxylic acids is 5. The summed E-state index contributed by atoms with van der Waals surface area (Å²) in [7, 11) is 0. The Balaban J connectivity index is 0.939. The highest BCUT2D eigenvalue weighted by Crippen LogP contribution is 2.36. The lowest BCUT2D eigenvalue weighted by molar-refractivity contribution is -0.136. The van der Waals surface area contributed by atoms with Gasteiger partial charge in [0.25, 0.3) is 11.8 Å². The average Bonchev–Trinajstić information content (AvgIpc) is 3.91. The maximum absolute atomic E-state index is 13.1. The molecule has 3 aromatic heterocycles. The number of anilines is 2. The first-order valence-electron chi connectivity index (χ1n) is 19.8. The van der Waals surface area contributed by atoms with E-state index in [2.05, 4.69) is 55.0 Å². The van der Waals surface area contributed by atoms with Crippen molar-refractivity contribution in [2.24, 2.45) is 0 Å². The fourth-order valence-electron chi connectivity index (χ4n) is 6.67.